The zero-order chi connectivity index (χ0) is 18.0. The van der Waals surface area contributed by atoms with Crippen LogP contribution in [0.3, 0.4) is 0 Å². The van der Waals surface area contributed by atoms with Crippen molar-refractivity contribution in [3.8, 4) is 5.75 Å². The first-order chi connectivity index (χ1) is 11.9. The molecule has 1 aliphatic heterocycles. The van der Waals surface area contributed by atoms with E-state index in [-0.39, 0.29) is 10.8 Å². The van der Waals surface area contributed by atoms with Gasteiger partial charge >= 0.3 is 0 Å². The number of methoxy groups -OCH3 is 1. The maximum Gasteiger partial charge on any atom is 0.261 e. The molecule has 7 heteroatoms. The number of anilines is 2. The lowest BCUT2D eigenvalue weighted by Gasteiger charge is -2.19. The first kappa shape index (κ1) is 17.3. The summed E-state index contributed by atoms with van der Waals surface area (Å²) >= 11 is 0. The van der Waals surface area contributed by atoms with E-state index in [4.69, 9.17) is 4.74 Å². The largest absolute Gasteiger partial charge is 0.497 e. The molecule has 0 bridgehead atoms. The summed E-state index contributed by atoms with van der Waals surface area (Å²) in [6.45, 7) is 2.49. The van der Waals surface area contributed by atoms with Crippen molar-refractivity contribution in [1.82, 2.24) is 0 Å². The van der Waals surface area contributed by atoms with Crippen molar-refractivity contribution in [2.24, 2.45) is 0 Å². The Labute approximate surface area is 147 Å². The second-order valence-corrected chi connectivity index (χ2v) is 7.61. The minimum atomic E-state index is -3.70. The summed E-state index contributed by atoms with van der Waals surface area (Å²) in [5.74, 6) is 0.730. The van der Waals surface area contributed by atoms with Gasteiger partial charge in [0.05, 0.1) is 12.0 Å². The van der Waals surface area contributed by atoms with E-state index in [0.717, 1.165) is 17.7 Å². The van der Waals surface area contributed by atoms with Gasteiger partial charge in [-0.25, -0.2) is 8.42 Å². The number of nitrogens with zero attached hydrogens (tertiary/aromatic N) is 1. The summed E-state index contributed by atoms with van der Waals surface area (Å²) in [5, 5.41) is 0. The summed E-state index contributed by atoms with van der Waals surface area (Å²) in [6.07, 6.45) is 1.37. The van der Waals surface area contributed by atoms with Crippen LogP contribution in [0.15, 0.2) is 47.4 Å². The van der Waals surface area contributed by atoms with E-state index in [1.165, 1.54) is 6.07 Å². The second kappa shape index (κ2) is 6.76. The van der Waals surface area contributed by atoms with E-state index < -0.39 is 10.0 Å². The average molecular weight is 360 g/mol. The number of nitrogens with one attached hydrogen (secondary N) is 1. The highest BCUT2D eigenvalue weighted by Gasteiger charge is 2.24. The van der Waals surface area contributed by atoms with Crippen LogP contribution in [0.2, 0.25) is 0 Å². The molecule has 0 atom stereocenters. The molecule has 0 saturated carbocycles. The number of hydrogen-bond donors (Lipinski definition) is 1. The number of benzene rings is 2. The zero-order valence-electron chi connectivity index (χ0n) is 14.2. The predicted molar refractivity (Wildman–Crippen MR) is 96.6 cm³/mol. The van der Waals surface area contributed by atoms with Crippen LogP contribution in [-0.2, 0) is 14.8 Å². The van der Waals surface area contributed by atoms with E-state index in [9.17, 15) is 13.2 Å². The quantitative estimate of drug-likeness (QED) is 0.889. The van der Waals surface area contributed by atoms with E-state index in [2.05, 4.69) is 4.72 Å². The number of sulfonamides is 1. The molecule has 1 aliphatic rings. The molecule has 1 fully saturated rings. The zero-order valence-corrected chi connectivity index (χ0v) is 15.0. The van der Waals surface area contributed by atoms with Gasteiger partial charge in [-0.05, 0) is 61.4 Å². The van der Waals surface area contributed by atoms with Gasteiger partial charge in [0.1, 0.15) is 5.75 Å². The van der Waals surface area contributed by atoms with Crippen molar-refractivity contribution in [2.75, 3.05) is 23.3 Å². The first-order valence-corrected chi connectivity index (χ1v) is 9.47. The molecule has 0 spiro atoms. The smallest absolute Gasteiger partial charge is 0.261 e. The summed E-state index contributed by atoms with van der Waals surface area (Å²) in [6, 6.07) is 11.5. The van der Waals surface area contributed by atoms with Crippen molar-refractivity contribution in [3.05, 3.63) is 48.0 Å². The molecule has 0 unspecified atom stereocenters. The number of ether oxygens (including phenoxy) is 1. The molecule has 6 nitrogen and oxygen atoms in total. The second-order valence-electron chi connectivity index (χ2n) is 5.93. The maximum atomic E-state index is 12.6. The fourth-order valence-corrected chi connectivity index (χ4v) is 4.02. The highest BCUT2D eigenvalue weighted by molar-refractivity contribution is 7.92. The van der Waals surface area contributed by atoms with Crippen LogP contribution in [-0.4, -0.2) is 28.0 Å². The third kappa shape index (κ3) is 3.61. The molecular weight excluding hydrogens is 340 g/mol. The Morgan fingerprint density at radius 3 is 2.40 bits per heavy atom. The Morgan fingerprint density at radius 2 is 1.84 bits per heavy atom. The van der Waals surface area contributed by atoms with E-state index in [1.54, 1.807) is 48.4 Å². The van der Waals surface area contributed by atoms with Crippen LogP contribution < -0.4 is 14.4 Å². The van der Waals surface area contributed by atoms with Crippen LogP contribution in [0.1, 0.15) is 18.4 Å². The number of amides is 1. The van der Waals surface area contributed by atoms with Crippen molar-refractivity contribution < 1.29 is 17.9 Å². The first-order valence-electron chi connectivity index (χ1n) is 7.98. The van der Waals surface area contributed by atoms with Gasteiger partial charge in [0.15, 0.2) is 0 Å². The minimum absolute atomic E-state index is 0.0788. The summed E-state index contributed by atoms with van der Waals surface area (Å²) in [7, 11) is -2.15. The molecule has 1 saturated heterocycles. The van der Waals surface area contributed by atoms with Gasteiger partial charge in [0.25, 0.3) is 10.0 Å². The summed E-state index contributed by atoms with van der Waals surface area (Å²) in [4.78, 5) is 13.8. The number of rotatable bonds is 5. The molecule has 132 valence electrons. The lowest BCUT2D eigenvalue weighted by Crippen LogP contribution is -2.24. The van der Waals surface area contributed by atoms with Gasteiger partial charge in [-0.3, -0.25) is 9.52 Å². The highest BCUT2D eigenvalue weighted by Crippen LogP contribution is 2.28. The molecule has 1 amide bonds. The third-order valence-electron chi connectivity index (χ3n) is 4.19. The van der Waals surface area contributed by atoms with Crippen LogP contribution >= 0.6 is 0 Å². The molecule has 2 aromatic carbocycles. The van der Waals surface area contributed by atoms with Crippen LogP contribution in [0.4, 0.5) is 11.4 Å². The number of hydrogen-bond acceptors (Lipinski definition) is 4. The fourth-order valence-electron chi connectivity index (χ4n) is 2.87. The van der Waals surface area contributed by atoms with Crippen molar-refractivity contribution >= 4 is 27.3 Å². The third-order valence-corrected chi connectivity index (χ3v) is 5.56. The molecule has 25 heavy (non-hydrogen) atoms. The Balaban J connectivity index is 1.84. The van der Waals surface area contributed by atoms with Crippen molar-refractivity contribution in [1.29, 1.82) is 0 Å². The molecule has 2 aromatic rings. The van der Waals surface area contributed by atoms with Gasteiger partial charge in [-0.1, -0.05) is 0 Å². The van der Waals surface area contributed by atoms with Crippen molar-refractivity contribution in [2.45, 2.75) is 24.7 Å². The summed E-state index contributed by atoms with van der Waals surface area (Å²) in [5.41, 5.74) is 1.98. The monoisotopic (exact) mass is 360 g/mol. The van der Waals surface area contributed by atoms with Gasteiger partial charge < -0.3 is 9.64 Å². The van der Waals surface area contributed by atoms with Gasteiger partial charge in [-0.15, -0.1) is 0 Å². The van der Waals surface area contributed by atoms with Gasteiger partial charge in [0, 0.05) is 24.3 Å². The predicted octanol–water partition coefficient (Wildman–Crippen LogP) is 2.93. The van der Waals surface area contributed by atoms with Gasteiger partial charge in [-0.2, -0.15) is 0 Å². The Bertz CT molecular complexity index is 892. The van der Waals surface area contributed by atoms with Crippen LogP contribution in [0, 0.1) is 6.92 Å². The topological polar surface area (TPSA) is 75.7 Å². The Hall–Kier alpha value is -2.54. The standard InChI is InChI=1S/C18H20N2O4S/c1-13-12-16(9-10-17(13)20-11-3-4-18(20)21)25(22,23)19-14-5-7-15(24-2)8-6-14/h5-10,12,19H,3-4,11H2,1-2H3. The van der Waals surface area contributed by atoms with E-state index in [0.29, 0.717) is 24.4 Å². The minimum Gasteiger partial charge on any atom is -0.497 e. The highest BCUT2D eigenvalue weighted by atomic mass is 32.2. The van der Waals surface area contributed by atoms with E-state index >= 15 is 0 Å². The molecular formula is C18H20N2O4S. The lowest BCUT2D eigenvalue weighted by molar-refractivity contribution is -0.117. The molecule has 3 rings (SSSR count). The fraction of sp³-hybridized carbons (Fsp3) is 0.278. The number of carbonyl (C=O) groups excluding carboxylic acids is 1. The molecule has 1 N–H and O–H groups in total. The SMILES string of the molecule is COc1ccc(NS(=O)(=O)c2ccc(N3CCCC3=O)c(C)c2)cc1. The Kier molecular flexibility index (Phi) is 4.67. The Morgan fingerprint density at radius 1 is 1.12 bits per heavy atom. The normalized spacial score (nSPS) is 14.6. The molecule has 0 aromatic heterocycles. The maximum absolute atomic E-state index is 12.6. The van der Waals surface area contributed by atoms with Crippen molar-refractivity contribution in [3.63, 3.8) is 0 Å². The number of aryl methyl sites for hydroxylation is 1. The lowest BCUT2D eigenvalue weighted by atomic mass is 10.2. The number of carbonyl (C=O) groups is 1. The van der Waals surface area contributed by atoms with Crippen LogP contribution in [0.5, 0.6) is 5.75 Å². The van der Waals surface area contributed by atoms with Gasteiger partial charge in [0.2, 0.25) is 5.91 Å². The van der Waals surface area contributed by atoms with E-state index in [1.807, 2.05) is 6.92 Å². The molecule has 0 aliphatic carbocycles. The molecule has 0 radical (unpaired) electrons. The summed E-state index contributed by atoms with van der Waals surface area (Å²) < 4.78 is 32.8. The molecule has 1 heterocycles. The average Bonchev–Trinajstić information content (AvgIpc) is 3.01. The van der Waals surface area contributed by atoms with Crippen LogP contribution in [0.25, 0.3) is 0 Å².